The SMILES string of the molecule is COc1ccc(Cl)cc1CN(C)C(=O)C(CCSC)NC(=O)c1ccccc1. The zero-order chi connectivity index (χ0) is 20.5. The minimum Gasteiger partial charge on any atom is -0.496 e. The van der Waals surface area contributed by atoms with E-state index in [1.165, 1.54) is 0 Å². The molecule has 1 N–H and O–H groups in total. The van der Waals surface area contributed by atoms with Crippen LogP contribution in [0.25, 0.3) is 0 Å². The second-order valence-electron chi connectivity index (χ2n) is 6.32. The molecule has 0 aliphatic heterocycles. The Morgan fingerprint density at radius 3 is 2.57 bits per heavy atom. The van der Waals surface area contributed by atoms with Crippen LogP contribution in [0.5, 0.6) is 5.75 Å². The third-order valence-corrected chi connectivity index (χ3v) is 5.16. The van der Waals surface area contributed by atoms with E-state index in [1.807, 2.05) is 12.3 Å². The Kier molecular flexibility index (Phi) is 8.67. The molecule has 2 rings (SSSR count). The van der Waals surface area contributed by atoms with E-state index in [0.29, 0.717) is 29.3 Å². The van der Waals surface area contributed by atoms with Crippen LogP contribution < -0.4 is 10.1 Å². The molecule has 1 atom stereocenters. The van der Waals surface area contributed by atoms with Crippen molar-refractivity contribution in [2.24, 2.45) is 0 Å². The molecule has 0 radical (unpaired) electrons. The monoisotopic (exact) mass is 420 g/mol. The maximum Gasteiger partial charge on any atom is 0.251 e. The number of methoxy groups -OCH3 is 1. The van der Waals surface area contributed by atoms with Gasteiger partial charge in [0, 0.05) is 29.7 Å². The summed E-state index contributed by atoms with van der Waals surface area (Å²) in [5.41, 5.74) is 1.34. The van der Waals surface area contributed by atoms with Gasteiger partial charge in [-0.15, -0.1) is 0 Å². The van der Waals surface area contributed by atoms with Gasteiger partial charge in [-0.1, -0.05) is 29.8 Å². The molecule has 0 aromatic heterocycles. The van der Waals surface area contributed by atoms with Crippen molar-refractivity contribution >= 4 is 35.2 Å². The minimum absolute atomic E-state index is 0.152. The van der Waals surface area contributed by atoms with Crippen LogP contribution in [0.3, 0.4) is 0 Å². The van der Waals surface area contributed by atoms with Gasteiger partial charge in [-0.05, 0) is 48.8 Å². The molecular weight excluding hydrogens is 396 g/mol. The predicted octanol–water partition coefficient (Wildman–Crippen LogP) is 3.86. The summed E-state index contributed by atoms with van der Waals surface area (Å²) in [5, 5.41) is 3.45. The first-order valence-electron chi connectivity index (χ1n) is 8.88. The van der Waals surface area contributed by atoms with Crippen molar-refractivity contribution in [2.75, 3.05) is 26.2 Å². The van der Waals surface area contributed by atoms with Crippen LogP contribution in [0.2, 0.25) is 5.02 Å². The van der Waals surface area contributed by atoms with Crippen molar-refractivity contribution in [2.45, 2.75) is 19.0 Å². The quantitative estimate of drug-likeness (QED) is 0.669. The van der Waals surface area contributed by atoms with Gasteiger partial charge >= 0.3 is 0 Å². The van der Waals surface area contributed by atoms with Crippen LogP contribution in [0, 0.1) is 0 Å². The second kappa shape index (κ2) is 11.0. The number of nitrogens with one attached hydrogen (secondary N) is 1. The first kappa shape index (κ1) is 22.1. The molecule has 2 amide bonds. The first-order chi connectivity index (χ1) is 13.5. The number of benzene rings is 2. The van der Waals surface area contributed by atoms with Gasteiger partial charge in [0.15, 0.2) is 0 Å². The number of carbonyl (C=O) groups excluding carboxylic acids is 2. The summed E-state index contributed by atoms with van der Waals surface area (Å²) in [7, 11) is 3.29. The average molecular weight is 421 g/mol. The molecular formula is C21H25ClN2O3S. The number of amides is 2. The highest BCUT2D eigenvalue weighted by molar-refractivity contribution is 7.98. The molecule has 2 aromatic carbocycles. The van der Waals surface area contributed by atoms with Crippen molar-refractivity contribution in [1.29, 1.82) is 0 Å². The largest absolute Gasteiger partial charge is 0.496 e. The third kappa shape index (κ3) is 6.17. The standard InChI is InChI=1S/C21H25ClN2O3S/c1-24(14-16-13-17(22)9-10-19(16)27-2)21(26)18(11-12-28-3)23-20(25)15-7-5-4-6-8-15/h4-10,13,18H,11-12,14H2,1-3H3,(H,23,25). The summed E-state index contributed by atoms with van der Waals surface area (Å²) in [5.74, 6) is 1.02. The molecule has 0 spiro atoms. The maximum absolute atomic E-state index is 13.0. The van der Waals surface area contributed by atoms with E-state index in [4.69, 9.17) is 16.3 Å². The summed E-state index contributed by atoms with van der Waals surface area (Å²) < 4.78 is 5.36. The van der Waals surface area contributed by atoms with E-state index in [0.717, 1.165) is 11.3 Å². The molecule has 0 saturated heterocycles. The molecule has 150 valence electrons. The molecule has 5 nitrogen and oxygen atoms in total. The van der Waals surface area contributed by atoms with Crippen LogP contribution in [-0.2, 0) is 11.3 Å². The van der Waals surface area contributed by atoms with Crippen LogP contribution in [0.1, 0.15) is 22.3 Å². The summed E-state index contributed by atoms with van der Waals surface area (Å²) in [6, 6.07) is 13.6. The molecule has 1 unspecified atom stereocenters. The molecule has 28 heavy (non-hydrogen) atoms. The van der Waals surface area contributed by atoms with E-state index in [2.05, 4.69) is 5.32 Å². The Morgan fingerprint density at radius 1 is 1.21 bits per heavy atom. The zero-order valence-corrected chi connectivity index (χ0v) is 17.8. The van der Waals surface area contributed by atoms with Crippen molar-refractivity contribution in [3.8, 4) is 5.75 Å². The fraction of sp³-hybridized carbons (Fsp3) is 0.333. The number of rotatable bonds is 9. The molecule has 0 saturated carbocycles. The van der Waals surface area contributed by atoms with E-state index in [-0.39, 0.29) is 11.8 Å². The van der Waals surface area contributed by atoms with Crippen LogP contribution in [-0.4, -0.2) is 48.9 Å². The number of hydrogen-bond donors (Lipinski definition) is 1. The van der Waals surface area contributed by atoms with E-state index < -0.39 is 6.04 Å². The summed E-state index contributed by atoms with van der Waals surface area (Å²) >= 11 is 7.72. The molecule has 0 aliphatic carbocycles. The number of hydrogen-bond acceptors (Lipinski definition) is 4. The highest BCUT2D eigenvalue weighted by atomic mass is 35.5. The zero-order valence-electron chi connectivity index (χ0n) is 16.3. The van der Waals surface area contributed by atoms with Gasteiger partial charge in [-0.3, -0.25) is 9.59 Å². The molecule has 0 fully saturated rings. The molecule has 0 bridgehead atoms. The average Bonchev–Trinajstić information content (AvgIpc) is 2.71. The number of ether oxygens (including phenoxy) is 1. The Balaban J connectivity index is 2.13. The number of carbonyl (C=O) groups is 2. The lowest BCUT2D eigenvalue weighted by molar-refractivity contribution is -0.132. The fourth-order valence-corrected chi connectivity index (χ4v) is 3.46. The smallest absolute Gasteiger partial charge is 0.251 e. The lowest BCUT2D eigenvalue weighted by Crippen LogP contribution is -2.47. The van der Waals surface area contributed by atoms with Gasteiger partial charge in [-0.2, -0.15) is 11.8 Å². The summed E-state index contributed by atoms with van der Waals surface area (Å²) in [6.07, 6.45) is 2.52. The van der Waals surface area contributed by atoms with Gasteiger partial charge in [0.25, 0.3) is 5.91 Å². The molecule has 7 heteroatoms. The van der Waals surface area contributed by atoms with Gasteiger partial charge in [0.1, 0.15) is 11.8 Å². The number of nitrogens with zero attached hydrogens (tertiary/aromatic N) is 1. The summed E-state index contributed by atoms with van der Waals surface area (Å²) in [6.45, 7) is 0.333. The summed E-state index contributed by atoms with van der Waals surface area (Å²) in [4.78, 5) is 27.1. The maximum atomic E-state index is 13.0. The molecule has 2 aromatic rings. The van der Waals surface area contributed by atoms with Gasteiger partial charge in [0.05, 0.1) is 7.11 Å². The van der Waals surface area contributed by atoms with E-state index in [1.54, 1.807) is 73.3 Å². The first-order valence-corrected chi connectivity index (χ1v) is 10.7. The fourth-order valence-electron chi connectivity index (χ4n) is 2.79. The number of halogens is 1. The Labute approximate surface area is 175 Å². The lowest BCUT2D eigenvalue weighted by atomic mass is 10.1. The van der Waals surface area contributed by atoms with E-state index >= 15 is 0 Å². The van der Waals surface area contributed by atoms with E-state index in [9.17, 15) is 9.59 Å². The Bertz CT molecular complexity index is 801. The third-order valence-electron chi connectivity index (χ3n) is 4.28. The highest BCUT2D eigenvalue weighted by Crippen LogP contribution is 2.24. The van der Waals surface area contributed by atoms with Gasteiger partial charge in [0.2, 0.25) is 5.91 Å². The normalized spacial score (nSPS) is 11.6. The molecule has 0 heterocycles. The van der Waals surface area contributed by atoms with Crippen LogP contribution in [0.15, 0.2) is 48.5 Å². The number of thioether (sulfide) groups is 1. The van der Waals surface area contributed by atoms with Crippen LogP contribution in [0.4, 0.5) is 0 Å². The lowest BCUT2D eigenvalue weighted by Gasteiger charge is -2.25. The van der Waals surface area contributed by atoms with Crippen molar-refractivity contribution in [1.82, 2.24) is 10.2 Å². The second-order valence-corrected chi connectivity index (χ2v) is 7.75. The van der Waals surface area contributed by atoms with Crippen LogP contribution >= 0.6 is 23.4 Å². The highest BCUT2D eigenvalue weighted by Gasteiger charge is 2.25. The minimum atomic E-state index is -0.602. The van der Waals surface area contributed by atoms with Crippen molar-refractivity contribution < 1.29 is 14.3 Å². The van der Waals surface area contributed by atoms with Gasteiger partial charge in [-0.25, -0.2) is 0 Å². The Hall–Kier alpha value is -2.18. The molecule has 0 aliphatic rings. The van der Waals surface area contributed by atoms with Crippen molar-refractivity contribution in [3.05, 3.63) is 64.7 Å². The Morgan fingerprint density at radius 2 is 1.93 bits per heavy atom. The van der Waals surface area contributed by atoms with Gasteiger partial charge < -0.3 is 15.0 Å². The predicted molar refractivity (Wildman–Crippen MR) is 115 cm³/mol. The number of likely N-dealkylation sites (N-methyl/N-ethyl adjacent to an activating group) is 1. The van der Waals surface area contributed by atoms with Crippen molar-refractivity contribution in [3.63, 3.8) is 0 Å². The topological polar surface area (TPSA) is 58.6 Å².